The summed E-state index contributed by atoms with van der Waals surface area (Å²) in [6.45, 7) is 0. The molecule has 0 bridgehead atoms. The molecule has 0 amide bonds. The molecule has 0 radical (unpaired) electrons. The zero-order chi connectivity index (χ0) is 13.1. The fraction of sp³-hybridized carbons (Fsp3) is 0. The van der Waals surface area contributed by atoms with Gasteiger partial charge in [-0.15, -0.1) is 11.3 Å². The molecule has 0 aliphatic rings. The van der Waals surface area contributed by atoms with Gasteiger partial charge in [0.1, 0.15) is 0 Å². The van der Waals surface area contributed by atoms with Crippen LogP contribution < -0.4 is 5.32 Å². The Morgan fingerprint density at radius 3 is 2.47 bits per heavy atom. The smallest absolute Gasteiger partial charge is 0.187 e. The molecule has 94 valence electrons. The van der Waals surface area contributed by atoms with Gasteiger partial charge in [-0.3, -0.25) is 4.98 Å². The van der Waals surface area contributed by atoms with Gasteiger partial charge < -0.3 is 5.32 Å². The molecular formula is C14H10IN3S. The van der Waals surface area contributed by atoms with Crippen molar-refractivity contribution in [2.45, 2.75) is 0 Å². The van der Waals surface area contributed by atoms with Crippen LogP contribution in [0.2, 0.25) is 0 Å². The van der Waals surface area contributed by atoms with E-state index in [0.29, 0.717) is 0 Å². The highest BCUT2D eigenvalue weighted by atomic mass is 127. The number of rotatable bonds is 3. The molecule has 3 rings (SSSR count). The van der Waals surface area contributed by atoms with E-state index in [1.54, 1.807) is 23.7 Å². The van der Waals surface area contributed by atoms with Crippen molar-refractivity contribution >= 4 is 44.7 Å². The lowest BCUT2D eigenvalue weighted by molar-refractivity contribution is 1.31. The summed E-state index contributed by atoms with van der Waals surface area (Å²) >= 11 is 3.89. The van der Waals surface area contributed by atoms with Crippen molar-refractivity contribution < 1.29 is 0 Å². The van der Waals surface area contributed by atoms with E-state index in [2.05, 4.69) is 62.1 Å². The first kappa shape index (κ1) is 12.6. The summed E-state index contributed by atoms with van der Waals surface area (Å²) in [5, 5.41) is 6.25. The molecule has 3 nitrogen and oxygen atoms in total. The van der Waals surface area contributed by atoms with E-state index in [4.69, 9.17) is 0 Å². The third-order valence-electron chi connectivity index (χ3n) is 2.58. The number of halogens is 1. The van der Waals surface area contributed by atoms with Crippen LogP contribution in [0.5, 0.6) is 0 Å². The average Bonchev–Trinajstić information content (AvgIpc) is 2.91. The highest BCUT2D eigenvalue weighted by molar-refractivity contribution is 14.1. The summed E-state index contributed by atoms with van der Waals surface area (Å²) in [7, 11) is 0. The predicted octanol–water partition coefficient (Wildman–Crippen LogP) is 4.55. The van der Waals surface area contributed by atoms with Gasteiger partial charge in [-0.25, -0.2) is 4.98 Å². The first-order valence-electron chi connectivity index (χ1n) is 5.70. The van der Waals surface area contributed by atoms with Crippen molar-refractivity contribution in [2.75, 3.05) is 5.32 Å². The normalized spacial score (nSPS) is 10.4. The topological polar surface area (TPSA) is 37.8 Å². The van der Waals surface area contributed by atoms with Crippen LogP contribution >= 0.6 is 33.9 Å². The van der Waals surface area contributed by atoms with E-state index in [1.807, 2.05) is 17.5 Å². The second kappa shape index (κ2) is 5.66. The Morgan fingerprint density at radius 1 is 1.00 bits per heavy atom. The second-order valence-electron chi connectivity index (χ2n) is 3.91. The number of pyridine rings is 1. The zero-order valence-corrected chi connectivity index (χ0v) is 12.9. The summed E-state index contributed by atoms with van der Waals surface area (Å²) in [5.74, 6) is 0. The number of nitrogens with one attached hydrogen (secondary N) is 1. The number of benzene rings is 1. The maximum absolute atomic E-state index is 4.58. The monoisotopic (exact) mass is 379 g/mol. The minimum Gasteiger partial charge on any atom is -0.332 e. The molecule has 2 heterocycles. The van der Waals surface area contributed by atoms with E-state index < -0.39 is 0 Å². The van der Waals surface area contributed by atoms with Gasteiger partial charge in [-0.2, -0.15) is 0 Å². The summed E-state index contributed by atoms with van der Waals surface area (Å²) < 4.78 is 1.22. The fourth-order valence-corrected chi connectivity index (χ4v) is 2.74. The van der Waals surface area contributed by atoms with Gasteiger partial charge in [-0.05, 0) is 59.0 Å². The van der Waals surface area contributed by atoms with E-state index in [1.165, 1.54) is 3.57 Å². The summed E-state index contributed by atoms with van der Waals surface area (Å²) in [5.41, 5.74) is 3.11. The van der Waals surface area contributed by atoms with Gasteiger partial charge in [0, 0.05) is 32.6 Å². The third kappa shape index (κ3) is 3.10. The van der Waals surface area contributed by atoms with Crippen LogP contribution in [0.1, 0.15) is 0 Å². The van der Waals surface area contributed by atoms with E-state index in [0.717, 1.165) is 22.1 Å². The molecule has 0 aliphatic heterocycles. The van der Waals surface area contributed by atoms with E-state index >= 15 is 0 Å². The number of aromatic nitrogens is 2. The number of hydrogen-bond acceptors (Lipinski definition) is 4. The van der Waals surface area contributed by atoms with Gasteiger partial charge in [0.15, 0.2) is 5.13 Å². The predicted molar refractivity (Wildman–Crippen MR) is 87.8 cm³/mol. The molecule has 0 atom stereocenters. The lowest BCUT2D eigenvalue weighted by Gasteiger charge is -2.01. The van der Waals surface area contributed by atoms with Crippen molar-refractivity contribution in [3.8, 4) is 11.3 Å². The van der Waals surface area contributed by atoms with Crippen LogP contribution in [0.4, 0.5) is 10.8 Å². The standard InChI is InChI=1S/C14H10IN3S/c15-11-1-3-12(4-2-11)17-14-18-13(9-19-14)10-5-7-16-8-6-10/h1-9H,(H,17,18). The lowest BCUT2D eigenvalue weighted by Crippen LogP contribution is -1.89. The summed E-state index contributed by atoms with van der Waals surface area (Å²) in [6, 6.07) is 12.2. The zero-order valence-electron chi connectivity index (χ0n) is 9.88. The number of hydrogen-bond donors (Lipinski definition) is 1. The van der Waals surface area contributed by atoms with Gasteiger partial charge in [-0.1, -0.05) is 0 Å². The molecule has 0 saturated heterocycles. The first-order chi connectivity index (χ1) is 9.31. The summed E-state index contributed by atoms with van der Waals surface area (Å²) in [6.07, 6.45) is 3.56. The summed E-state index contributed by atoms with van der Waals surface area (Å²) in [4.78, 5) is 8.59. The van der Waals surface area contributed by atoms with Crippen LogP contribution in [-0.2, 0) is 0 Å². The minimum absolute atomic E-state index is 0.896. The van der Waals surface area contributed by atoms with Crippen LogP contribution in [0.15, 0.2) is 54.2 Å². The molecule has 5 heteroatoms. The van der Waals surface area contributed by atoms with Crippen molar-refractivity contribution in [2.24, 2.45) is 0 Å². The highest BCUT2D eigenvalue weighted by Gasteiger charge is 2.04. The molecule has 0 unspecified atom stereocenters. The molecule has 0 saturated carbocycles. The maximum Gasteiger partial charge on any atom is 0.187 e. The fourth-order valence-electron chi connectivity index (χ4n) is 1.64. The van der Waals surface area contributed by atoms with Gasteiger partial charge in [0.25, 0.3) is 0 Å². The largest absolute Gasteiger partial charge is 0.332 e. The quantitative estimate of drug-likeness (QED) is 0.679. The maximum atomic E-state index is 4.58. The van der Waals surface area contributed by atoms with Gasteiger partial charge in [0.2, 0.25) is 0 Å². The molecule has 1 N–H and O–H groups in total. The average molecular weight is 379 g/mol. The van der Waals surface area contributed by atoms with Crippen molar-refractivity contribution in [3.05, 3.63) is 57.7 Å². The SMILES string of the molecule is Ic1ccc(Nc2nc(-c3ccncc3)cs2)cc1. The van der Waals surface area contributed by atoms with Gasteiger partial charge in [0.05, 0.1) is 5.69 Å². The third-order valence-corrected chi connectivity index (χ3v) is 4.05. The molecule has 19 heavy (non-hydrogen) atoms. The molecular weight excluding hydrogens is 369 g/mol. The van der Waals surface area contributed by atoms with Crippen molar-refractivity contribution in [1.82, 2.24) is 9.97 Å². The Hall–Kier alpha value is -1.47. The van der Waals surface area contributed by atoms with Crippen LogP contribution in [-0.4, -0.2) is 9.97 Å². The first-order valence-corrected chi connectivity index (χ1v) is 7.65. The Morgan fingerprint density at radius 2 is 1.74 bits per heavy atom. The molecule has 0 spiro atoms. The number of thiazole rings is 1. The Balaban J connectivity index is 1.80. The number of nitrogens with zero attached hydrogens (tertiary/aromatic N) is 2. The van der Waals surface area contributed by atoms with Crippen molar-refractivity contribution in [3.63, 3.8) is 0 Å². The van der Waals surface area contributed by atoms with Crippen LogP contribution in [0.25, 0.3) is 11.3 Å². The van der Waals surface area contributed by atoms with Crippen LogP contribution in [0.3, 0.4) is 0 Å². The second-order valence-corrected chi connectivity index (χ2v) is 6.01. The van der Waals surface area contributed by atoms with Crippen LogP contribution in [0, 0.1) is 3.57 Å². The lowest BCUT2D eigenvalue weighted by atomic mass is 10.2. The van der Waals surface area contributed by atoms with E-state index in [9.17, 15) is 0 Å². The minimum atomic E-state index is 0.896. The Bertz CT molecular complexity index is 665. The highest BCUT2D eigenvalue weighted by Crippen LogP contribution is 2.26. The molecule has 2 aromatic heterocycles. The molecule has 1 aromatic carbocycles. The Labute approximate surface area is 128 Å². The Kier molecular flexibility index (Phi) is 3.74. The van der Waals surface area contributed by atoms with E-state index in [-0.39, 0.29) is 0 Å². The van der Waals surface area contributed by atoms with Crippen molar-refractivity contribution in [1.29, 1.82) is 0 Å². The number of anilines is 2. The molecule has 0 fully saturated rings. The molecule has 0 aliphatic carbocycles. The molecule has 3 aromatic rings. The van der Waals surface area contributed by atoms with Gasteiger partial charge >= 0.3 is 0 Å².